The molecule has 51 heavy (non-hydrogen) atoms. The second-order valence-electron chi connectivity index (χ2n) is 13.1. The van der Waals surface area contributed by atoms with Gasteiger partial charge in [0.05, 0.1) is 10.9 Å². The molecule has 5 rings (SSSR count). The predicted octanol–water partition coefficient (Wildman–Crippen LogP) is 3.75. The lowest BCUT2D eigenvalue weighted by Gasteiger charge is -2.47. The zero-order valence-electron chi connectivity index (χ0n) is 28.6. The summed E-state index contributed by atoms with van der Waals surface area (Å²) in [6, 6.07) is 20.4. The summed E-state index contributed by atoms with van der Waals surface area (Å²) in [6.45, 7) is 5.86. The van der Waals surface area contributed by atoms with Crippen molar-refractivity contribution < 1.29 is 44.2 Å². The van der Waals surface area contributed by atoms with Crippen molar-refractivity contribution in [3.8, 4) is 22.6 Å². The number of carboxylic acid groups (broad SMARTS) is 1. The topological polar surface area (TPSA) is 191 Å². The molecule has 272 valence electrons. The number of carbonyl (C=O) groups is 1. The van der Waals surface area contributed by atoms with Gasteiger partial charge >= 0.3 is 5.97 Å². The van der Waals surface area contributed by atoms with Gasteiger partial charge in [-0.3, -0.25) is 4.79 Å². The van der Waals surface area contributed by atoms with Crippen LogP contribution in [0.4, 0.5) is 0 Å². The lowest BCUT2D eigenvalue weighted by atomic mass is 9.85. The number of aromatic hydroxyl groups is 1. The number of rotatable bonds is 16. The summed E-state index contributed by atoms with van der Waals surface area (Å²) in [4.78, 5) is 25.2. The highest BCUT2D eigenvalue weighted by atomic mass is 16.7. The van der Waals surface area contributed by atoms with E-state index in [0.29, 0.717) is 18.7 Å². The van der Waals surface area contributed by atoms with Gasteiger partial charge in [-0.05, 0) is 79.7 Å². The second-order valence-corrected chi connectivity index (χ2v) is 13.1. The van der Waals surface area contributed by atoms with E-state index in [1.807, 2.05) is 30.3 Å². The molecule has 3 aromatic carbocycles. The Balaban J connectivity index is 1.33. The smallest absolute Gasteiger partial charge is 0.335 e. The van der Waals surface area contributed by atoms with Gasteiger partial charge in [-0.15, -0.1) is 0 Å². The maximum atomic E-state index is 13.3. The van der Waals surface area contributed by atoms with Crippen molar-refractivity contribution in [2.45, 2.75) is 56.9 Å². The molecule has 0 aliphatic carbocycles. The second kappa shape index (κ2) is 17.1. The number of carboxylic acids is 1. The van der Waals surface area contributed by atoms with E-state index in [4.69, 9.17) is 13.9 Å². The minimum Gasteiger partial charge on any atom is -0.508 e. The van der Waals surface area contributed by atoms with Crippen molar-refractivity contribution >= 4 is 23.0 Å². The molecule has 12 nitrogen and oxygen atoms in total. The Labute approximate surface area is 296 Å². The molecular formula is C39H46N2O10. The molecule has 4 aromatic rings. The molecular weight excluding hydrogens is 656 g/mol. The number of aliphatic hydroxyl groups is 3. The number of fused-ring (bicyclic) bond motifs is 1. The molecule has 12 heteroatoms. The van der Waals surface area contributed by atoms with Gasteiger partial charge in [0, 0.05) is 12.6 Å². The van der Waals surface area contributed by atoms with Crippen LogP contribution in [0.2, 0.25) is 0 Å². The molecule has 7 N–H and O–H groups in total. The molecule has 1 aliphatic heterocycles. The Morgan fingerprint density at radius 2 is 1.76 bits per heavy atom. The fraction of sp³-hybridized carbons (Fsp3) is 0.385. The van der Waals surface area contributed by atoms with E-state index in [2.05, 4.69) is 36.6 Å². The van der Waals surface area contributed by atoms with Crippen LogP contribution in [0.5, 0.6) is 11.5 Å². The normalized spacial score (nSPS) is 23.3. The standard InChI is InChI=1S/C39H46N2O10/c1-3-18-40-20-27(24(2)8-7-11-25-9-5-4-6-10-25)21-41-23-39(48)36(45)34(44)35(37(46)47)51-38(39)50-29-16-17-30-32(19-29)49-22-31(33(30)43)26-12-14-28(42)15-13-26/h4-7,9-17,19,22,24,27,34-36,38,40-42,44-45,48H,3,8,18,20-21,23H2,1-2H3,(H,46,47)/t24-,27-,34-,35+,36+,38-,39+/m1/s1. The molecule has 0 unspecified atom stereocenters. The number of phenolic OH excluding ortho intramolecular Hbond substituents is 1. The molecule has 7 atom stereocenters. The summed E-state index contributed by atoms with van der Waals surface area (Å²) in [5.41, 5.74) is -0.550. The Morgan fingerprint density at radius 1 is 1.04 bits per heavy atom. The first kappa shape index (κ1) is 37.7. The van der Waals surface area contributed by atoms with Crippen LogP contribution in [-0.4, -0.2) is 87.9 Å². The van der Waals surface area contributed by atoms with Crippen LogP contribution in [-0.2, 0) is 9.53 Å². The third-order valence-electron chi connectivity index (χ3n) is 9.31. The molecule has 0 saturated carbocycles. The van der Waals surface area contributed by atoms with E-state index in [-0.39, 0.29) is 51.8 Å². The molecule has 2 heterocycles. The first-order chi connectivity index (χ1) is 24.5. The summed E-state index contributed by atoms with van der Waals surface area (Å²) in [6.07, 6.45) is -0.297. The molecule has 1 aliphatic rings. The third-order valence-corrected chi connectivity index (χ3v) is 9.31. The SMILES string of the molecule is CCCNC[C@H](CNC[C@@]1(O)[C@H](Oc2ccc3c(=O)c(-c4ccc(O)cc4)coc3c2)O[C@H](C(=O)O)[C@@H](O)[C@@H]1O)[C@H](C)CC=Cc1ccccc1. The van der Waals surface area contributed by atoms with Crippen molar-refractivity contribution in [2.24, 2.45) is 11.8 Å². The number of phenols is 1. The molecule has 1 fully saturated rings. The fourth-order valence-electron chi connectivity index (χ4n) is 6.17. The van der Waals surface area contributed by atoms with Gasteiger partial charge in [0.2, 0.25) is 6.29 Å². The Bertz CT molecular complexity index is 1830. The number of ether oxygens (including phenoxy) is 2. The number of aliphatic hydroxyl groups excluding tert-OH is 2. The molecule has 1 aromatic heterocycles. The predicted molar refractivity (Wildman–Crippen MR) is 192 cm³/mol. The van der Waals surface area contributed by atoms with E-state index < -0.39 is 36.2 Å². The molecule has 0 spiro atoms. The maximum absolute atomic E-state index is 13.3. The van der Waals surface area contributed by atoms with Gasteiger partial charge in [-0.2, -0.15) is 0 Å². The summed E-state index contributed by atoms with van der Waals surface area (Å²) >= 11 is 0. The first-order valence-corrected chi connectivity index (χ1v) is 17.1. The summed E-state index contributed by atoms with van der Waals surface area (Å²) < 4.78 is 17.3. The zero-order chi connectivity index (χ0) is 36.5. The van der Waals surface area contributed by atoms with Crippen molar-refractivity contribution in [3.63, 3.8) is 0 Å². The van der Waals surface area contributed by atoms with Crippen LogP contribution >= 0.6 is 0 Å². The minimum absolute atomic E-state index is 0.0545. The maximum Gasteiger partial charge on any atom is 0.335 e. The summed E-state index contributed by atoms with van der Waals surface area (Å²) in [5.74, 6) is -1.11. The highest BCUT2D eigenvalue weighted by Crippen LogP contribution is 2.33. The molecule has 0 bridgehead atoms. The van der Waals surface area contributed by atoms with Crippen LogP contribution in [0.3, 0.4) is 0 Å². The average molecular weight is 703 g/mol. The monoisotopic (exact) mass is 702 g/mol. The quantitative estimate of drug-likeness (QED) is 0.0839. The number of hydrogen-bond acceptors (Lipinski definition) is 11. The van der Waals surface area contributed by atoms with Gasteiger partial charge in [0.1, 0.15) is 35.6 Å². The van der Waals surface area contributed by atoms with Crippen LogP contribution < -0.4 is 20.8 Å². The van der Waals surface area contributed by atoms with E-state index in [9.17, 15) is 35.1 Å². The van der Waals surface area contributed by atoms with Gasteiger partial charge < -0.3 is 50.1 Å². The average Bonchev–Trinajstić information content (AvgIpc) is 3.12. The first-order valence-electron chi connectivity index (χ1n) is 17.1. The summed E-state index contributed by atoms with van der Waals surface area (Å²) in [7, 11) is 0. The molecule has 0 radical (unpaired) electrons. The zero-order valence-corrected chi connectivity index (χ0v) is 28.6. The van der Waals surface area contributed by atoms with Gasteiger partial charge in [-0.25, -0.2) is 4.79 Å². The Kier molecular flexibility index (Phi) is 12.6. The van der Waals surface area contributed by atoms with E-state index >= 15 is 0 Å². The van der Waals surface area contributed by atoms with Gasteiger partial charge in [0.15, 0.2) is 17.1 Å². The van der Waals surface area contributed by atoms with E-state index in [0.717, 1.165) is 24.9 Å². The minimum atomic E-state index is -2.29. The number of aliphatic carboxylic acids is 1. The highest BCUT2D eigenvalue weighted by Gasteiger charge is 2.58. The Hall–Kier alpha value is -4.56. The lowest BCUT2D eigenvalue weighted by Crippen LogP contribution is -2.71. The highest BCUT2D eigenvalue weighted by molar-refractivity contribution is 5.82. The number of benzene rings is 3. The van der Waals surface area contributed by atoms with Gasteiger partial charge in [-0.1, -0.05) is 68.5 Å². The van der Waals surface area contributed by atoms with Crippen LogP contribution in [0, 0.1) is 11.8 Å². The van der Waals surface area contributed by atoms with Crippen molar-refractivity contribution in [3.05, 3.63) is 101 Å². The third kappa shape index (κ3) is 9.03. The van der Waals surface area contributed by atoms with Crippen molar-refractivity contribution in [2.75, 3.05) is 26.2 Å². The van der Waals surface area contributed by atoms with Crippen LogP contribution in [0.15, 0.2) is 94.3 Å². The number of hydrogen-bond donors (Lipinski definition) is 7. The number of allylic oxidation sites excluding steroid dienone is 1. The Morgan fingerprint density at radius 3 is 2.47 bits per heavy atom. The fourth-order valence-corrected chi connectivity index (χ4v) is 6.17. The van der Waals surface area contributed by atoms with Crippen molar-refractivity contribution in [1.82, 2.24) is 10.6 Å². The number of nitrogens with one attached hydrogen (secondary N) is 2. The van der Waals surface area contributed by atoms with Crippen molar-refractivity contribution in [1.29, 1.82) is 0 Å². The van der Waals surface area contributed by atoms with Gasteiger partial charge in [0.25, 0.3) is 0 Å². The largest absolute Gasteiger partial charge is 0.508 e. The van der Waals surface area contributed by atoms with E-state index in [1.54, 1.807) is 12.1 Å². The van der Waals surface area contributed by atoms with Crippen LogP contribution in [0.1, 0.15) is 32.3 Å². The molecule has 0 amide bonds. The lowest BCUT2D eigenvalue weighted by molar-refractivity contribution is -0.311. The molecule has 1 saturated heterocycles. The van der Waals surface area contributed by atoms with Crippen LogP contribution in [0.25, 0.3) is 28.2 Å². The van der Waals surface area contributed by atoms with E-state index in [1.165, 1.54) is 36.6 Å². The summed E-state index contributed by atoms with van der Waals surface area (Å²) in [5, 5.41) is 59.9.